The van der Waals surface area contributed by atoms with Gasteiger partial charge < -0.3 is 5.11 Å². The second-order valence-electron chi connectivity index (χ2n) is 6.80. The summed E-state index contributed by atoms with van der Waals surface area (Å²) in [4.78, 5) is 4.70. The standard InChI is InChI=1S/C22H27FN2O/c23-22-11-5-4-10-20(22)17-25-15-14-24(18-21(25)12-16-26)13-6-9-19-7-2-1-3-8-19/h1-11,21,26H,12-18H2/b9-6+. The number of aliphatic hydroxyl groups excluding tert-OH is 1. The van der Waals surface area contributed by atoms with Gasteiger partial charge in [-0.05, 0) is 18.1 Å². The average molecular weight is 354 g/mol. The zero-order valence-electron chi connectivity index (χ0n) is 15.1. The molecule has 2 aromatic rings. The second-order valence-corrected chi connectivity index (χ2v) is 6.80. The largest absolute Gasteiger partial charge is 0.396 e. The van der Waals surface area contributed by atoms with Crippen LogP contribution in [-0.2, 0) is 6.54 Å². The fourth-order valence-electron chi connectivity index (χ4n) is 3.50. The molecule has 0 aromatic heterocycles. The van der Waals surface area contributed by atoms with Crippen LogP contribution in [0.15, 0.2) is 60.7 Å². The van der Waals surface area contributed by atoms with Gasteiger partial charge in [0.05, 0.1) is 0 Å². The van der Waals surface area contributed by atoms with Gasteiger partial charge in [-0.25, -0.2) is 4.39 Å². The van der Waals surface area contributed by atoms with Crippen molar-refractivity contribution in [1.29, 1.82) is 0 Å². The summed E-state index contributed by atoms with van der Waals surface area (Å²) in [6.45, 7) is 4.39. The molecular weight excluding hydrogens is 327 g/mol. The van der Waals surface area contributed by atoms with Crippen LogP contribution in [0, 0.1) is 5.82 Å². The van der Waals surface area contributed by atoms with Crippen LogP contribution in [0.5, 0.6) is 0 Å². The third-order valence-electron chi connectivity index (χ3n) is 4.96. The molecule has 1 saturated heterocycles. The Morgan fingerprint density at radius 1 is 1.04 bits per heavy atom. The predicted molar refractivity (Wildman–Crippen MR) is 104 cm³/mol. The Labute approximate surface area is 155 Å². The molecule has 1 heterocycles. The van der Waals surface area contributed by atoms with E-state index in [2.05, 4.69) is 34.1 Å². The van der Waals surface area contributed by atoms with Gasteiger partial charge in [0.15, 0.2) is 0 Å². The monoisotopic (exact) mass is 354 g/mol. The minimum absolute atomic E-state index is 0.150. The molecule has 0 saturated carbocycles. The van der Waals surface area contributed by atoms with E-state index in [1.807, 2.05) is 30.3 Å². The van der Waals surface area contributed by atoms with Gasteiger partial charge >= 0.3 is 0 Å². The molecule has 3 nitrogen and oxygen atoms in total. The number of rotatable bonds is 7. The van der Waals surface area contributed by atoms with Crippen molar-refractivity contribution in [2.75, 3.05) is 32.8 Å². The van der Waals surface area contributed by atoms with Crippen molar-refractivity contribution in [2.45, 2.75) is 19.0 Å². The highest BCUT2D eigenvalue weighted by molar-refractivity contribution is 5.48. The SMILES string of the molecule is OCCC1CN(C/C=C/c2ccccc2)CCN1Cc1ccccc1F. The fourth-order valence-corrected chi connectivity index (χ4v) is 3.50. The van der Waals surface area contributed by atoms with Crippen LogP contribution < -0.4 is 0 Å². The summed E-state index contributed by atoms with van der Waals surface area (Å²) in [5, 5.41) is 9.43. The number of hydrogen-bond donors (Lipinski definition) is 1. The van der Waals surface area contributed by atoms with Gasteiger partial charge in [0, 0.05) is 50.9 Å². The van der Waals surface area contributed by atoms with Gasteiger partial charge in [0.1, 0.15) is 5.82 Å². The first kappa shape index (κ1) is 18.8. The Morgan fingerprint density at radius 2 is 1.81 bits per heavy atom. The van der Waals surface area contributed by atoms with E-state index in [9.17, 15) is 9.50 Å². The van der Waals surface area contributed by atoms with Gasteiger partial charge in [-0.2, -0.15) is 0 Å². The van der Waals surface area contributed by atoms with Crippen LogP contribution in [0.2, 0.25) is 0 Å². The molecular formula is C22H27FN2O. The topological polar surface area (TPSA) is 26.7 Å². The van der Waals surface area contributed by atoms with Crippen molar-refractivity contribution >= 4 is 6.08 Å². The van der Waals surface area contributed by atoms with E-state index in [1.165, 1.54) is 11.6 Å². The maximum Gasteiger partial charge on any atom is 0.127 e. The van der Waals surface area contributed by atoms with Crippen LogP contribution in [-0.4, -0.2) is 53.7 Å². The van der Waals surface area contributed by atoms with Gasteiger partial charge in [0.2, 0.25) is 0 Å². The first-order chi connectivity index (χ1) is 12.8. The summed E-state index contributed by atoms with van der Waals surface area (Å²) >= 11 is 0. The van der Waals surface area contributed by atoms with E-state index < -0.39 is 0 Å². The molecule has 1 N–H and O–H groups in total. The van der Waals surface area contributed by atoms with Gasteiger partial charge in [-0.15, -0.1) is 0 Å². The first-order valence-electron chi connectivity index (χ1n) is 9.28. The summed E-state index contributed by atoms with van der Waals surface area (Å²) in [5.41, 5.74) is 1.94. The highest BCUT2D eigenvalue weighted by Gasteiger charge is 2.26. The number of piperazine rings is 1. The molecule has 4 heteroatoms. The maximum atomic E-state index is 14.0. The van der Waals surface area contributed by atoms with Crippen molar-refractivity contribution in [3.63, 3.8) is 0 Å². The van der Waals surface area contributed by atoms with Crippen LogP contribution >= 0.6 is 0 Å². The molecule has 0 radical (unpaired) electrons. The lowest BCUT2D eigenvalue weighted by Crippen LogP contribution is -2.52. The molecule has 26 heavy (non-hydrogen) atoms. The van der Waals surface area contributed by atoms with Gasteiger partial charge in [-0.3, -0.25) is 9.80 Å². The molecule has 0 bridgehead atoms. The van der Waals surface area contributed by atoms with E-state index in [-0.39, 0.29) is 18.5 Å². The third kappa shape index (κ3) is 5.24. The number of hydrogen-bond acceptors (Lipinski definition) is 3. The first-order valence-corrected chi connectivity index (χ1v) is 9.28. The normalized spacial score (nSPS) is 19.2. The molecule has 0 aliphatic carbocycles. The van der Waals surface area contributed by atoms with Gasteiger partial charge in [-0.1, -0.05) is 60.7 Å². The van der Waals surface area contributed by atoms with Crippen LogP contribution in [0.4, 0.5) is 4.39 Å². The number of nitrogens with zero attached hydrogens (tertiary/aromatic N) is 2. The van der Waals surface area contributed by atoms with Crippen molar-refractivity contribution in [3.05, 3.63) is 77.6 Å². The van der Waals surface area contributed by atoms with Crippen LogP contribution in [0.25, 0.3) is 6.08 Å². The van der Waals surface area contributed by atoms with E-state index in [0.29, 0.717) is 13.0 Å². The average Bonchev–Trinajstić information content (AvgIpc) is 2.66. The van der Waals surface area contributed by atoms with Crippen LogP contribution in [0.3, 0.4) is 0 Å². The zero-order valence-corrected chi connectivity index (χ0v) is 15.1. The predicted octanol–water partition coefficient (Wildman–Crippen LogP) is 3.41. The van der Waals surface area contributed by atoms with E-state index >= 15 is 0 Å². The van der Waals surface area contributed by atoms with Crippen molar-refractivity contribution in [1.82, 2.24) is 9.80 Å². The lowest BCUT2D eigenvalue weighted by atomic mass is 10.1. The lowest BCUT2D eigenvalue weighted by Gasteiger charge is -2.41. The molecule has 3 rings (SSSR count). The number of halogens is 1. The van der Waals surface area contributed by atoms with E-state index in [1.54, 1.807) is 6.07 Å². The Morgan fingerprint density at radius 3 is 2.58 bits per heavy atom. The molecule has 0 spiro atoms. The molecule has 1 aliphatic heterocycles. The van der Waals surface area contributed by atoms with Gasteiger partial charge in [0.25, 0.3) is 0 Å². The molecule has 1 unspecified atom stereocenters. The van der Waals surface area contributed by atoms with E-state index in [0.717, 1.165) is 31.7 Å². The van der Waals surface area contributed by atoms with Crippen molar-refractivity contribution in [2.24, 2.45) is 0 Å². The Balaban J connectivity index is 1.57. The quantitative estimate of drug-likeness (QED) is 0.825. The summed E-state index contributed by atoms with van der Waals surface area (Å²) in [6.07, 6.45) is 5.05. The fraction of sp³-hybridized carbons (Fsp3) is 0.364. The summed E-state index contributed by atoms with van der Waals surface area (Å²) in [7, 11) is 0. The summed E-state index contributed by atoms with van der Waals surface area (Å²) in [5.74, 6) is -0.150. The Hall–Kier alpha value is -2.01. The minimum atomic E-state index is -0.150. The molecule has 2 aromatic carbocycles. The molecule has 0 amide bonds. The lowest BCUT2D eigenvalue weighted by molar-refractivity contribution is 0.0589. The highest BCUT2D eigenvalue weighted by atomic mass is 19.1. The smallest absolute Gasteiger partial charge is 0.127 e. The maximum absolute atomic E-state index is 14.0. The zero-order chi connectivity index (χ0) is 18.2. The molecule has 138 valence electrons. The third-order valence-corrected chi connectivity index (χ3v) is 4.96. The molecule has 1 fully saturated rings. The minimum Gasteiger partial charge on any atom is -0.396 e. The van der Waals surface area contributed by atoms with Crippen LogP contribution in [0.1, 0.15) is 17.5 Å². The Bertz CT molecular complexity index is 704. The number of aliphatic hydroxyl groups is 1. The molecule has 1 atom stereocenters. The summed E-state index contributed by atoms with van der Waals surface area (Å²) < 4.78 is 14.0. The second kappa shape index (κ2) is 9.62. The molecule has 1 aliphatic rings. The van der Waals surface area contributed by atoms with Crippen molar-refractivity contribution in [3.8, 4) is 0 Å². The van der Waals surface area contributed by atoms with E-state index in [4.69, 9.17) is 0 Å². The highest BCUT2D eigenvalue weighted by Crippen LogP contribution is 2.18. The summed E-state index contributed by atoms with van der Waals surface area (Å²) in [6, 6.07) is 17.5. The van der Waals surface area contributed by atoms with Crippen molar-refractivity contribution < 1.29 is 9.50 Å². The Kier molecular flexibility index (Phi) is 6.95. The number of benzene rings is 2.